The van der Waals surface area contributed by atoms with Gasteiger partial charge in [0.15, 0.2) is 29.5 Å². The van der Waals surface area contributed by atoms with Gasteiger partial charge in [0.25, 0.3) is 0 Å². The number of nitrogens with one attached hydrogen (secondary N) is 1. The number of nitrogens with zero attached hydrogens (tertiary/aromatic N) is 2. The molecule has 14 heteroatoms. The summed E-state index contributed by atoms with van der Waals surface area (Å²) in [5, 5.41) is 48.6. The zero-order valence-electron chi connectivity index (χ0n) is 22.3. The van der Waals surface area contributed by atoms with Gasteiger partial charge in [0, 0.05) is 35.6 Å². The van der Waals surface area contributed by atoms with E-state index in [-0.39, 0.29) is 28.9 Å². The summed E-state index contributed by atoms with van der Waals surface area (Å²) in [6.45, 7) is 2.63. The van der Waals surface area contributed by atoms with E-state index in [1.807, 2.05) is 0 Å². The zero-order chi connectivity index (χ0) is 30.0. The second-order valence-electron chi connectivity index (χ2n) is 10.4. The number of hydrogen-bond acceptors (Lipinski definition) is 13. The molecule has 1 fully saturated rings. The highest BCUT2D eigenvalue weighted by molar-refractivity contribution is 6.31. The minimum absolute atomic E-state index is 0.00856. The van der Waals surface area contributed by atoms with Gasteiger partial charge < -0.3 is 40.4 Å². The van der Waals surface area contributed by atoms with Crippen LogP contribution >= 0.6 is 0 Å². The number of fused-ring (bicyclic) bond motifs is 3. The number of carbonyl (C=O) groups excluding carboxylic acids is 3. The van der Waals surface area contributed by atoms with E-state index in [9.17, 15) is 34.8 Å². The number of methoxy groups -OCH3 is 1. The van der Waals surface area contributed by atoms with Gasteiger partial charge in [-0.2, -0.15) is 0 Å². The summed E-state index contributed by atoms with van der Waals surface area (Å²) in [5.74, 6) is -4.00. The first-order chi connectivity index (χ1) is 19.4. The molecule has 2 aromatic carbocycles. The lowest BCUT2D eigenvalue weighted by Gasteiger charge is -2.43. The lowest BCUT2D eigenvalue weighted by Crippen LogP contribution is -2.53. The smallest absolute Gasteiger partial charge is 0.214 e. The van der Waals surface area contributed by atoms with Crippen LogP contribution < -0.4 is 15.4 Å². The van der Waals surface area contributed by atoms with Crippen LogP contribution in [0.1, 0.15) is 81.8 Å². The number of ether oxygens (including phenoxy) is 3. The Kier molecular flexibility index (Phi) is 7.02. The van der Waals surface area contributed by atoms with Crippen LogP contribution in [0.25, 0.3) is 0 Å². The minimum atomic E-state index is -2.41. The van der Waals surface area contributed by atoms with E-state index in [0.29, 0.717) is 0 Å². The van der Waals surface area contributed by atoms with E-state index in [1.165, 1.54) is 25.3 Å². The number of phenols is 2. The number of carbonyl (C=O) groups is 3. The summed E-state index contributed by atoms with van der Waals surface area (Å²) in [5.41, 5.74) is 8.94. The monoisotopic (exact) mass is 569 g/mol. The molecule has 2 aromatic rings. The fourth-order valence-electron chi connectivity index (χ4n) is 5.95. The van der Waals surface area contributed by atoms with Gasteiger partial charge in [0.1, 0.15) is 27.9 Å². The van der Waals surface area contributed by atoms with Crippen molar-refractivity contribution >= 4 is 17.3 Å². The first-order valence-electron chi connectivity index (χ1n) is 12.8. The van der Waals surface area contributed by atoms with Crippen molar-refractivity contribution in [3.05, 3.63) is 51.6 Å². The van der Waals surface area contributed by atoms with Gasteiger partial charge in [-0.15, -0.1) is 0 Å². The molecule has 0 spiro atoms. The second kappa shape index (κ2) is 10.1. The SMILES string of the molecule is COc1cccc2c1C(=O)c1c(O)c3c(c(O)c1C2=O)C(N=[N+]=N)C(O)(C(C)=O)CC3OC1CC(N)C(O)C(C)O1. The first-order valence-corrected chi connectivity index (χ1v) is 12.8. The number of Topliss-reactive ketones (excluding diaryl/α,β-unsaturated/α-hetero) is 1. The Morgan fingerprint density at radius 1 is 1.17 bits per heavy atom. The summed E-state index contributed by atoms with van der Waals surface area (Å²) in [6.07, 6.45) is -4.81. The highest BCUT2D eigenvalue weighted by Crippen LogP contribution is 2.56. The van der Waals surface area contributed by atoms with Gasteiger partial charge in [0.2, 0.25) is 10.7 Å². The predicted molar refractivity (Wildman–Crippen MR) is 137 cm³/mol. The topological polar surface area (TPSA) is 236 Å². The number of rotatable bonds is 5. The number of hydrogen-bond donors (Lipinski definition) is 6. The molecule has 14 nitrogen and oxygen atoms in total. The lowest BCUT2D eigenvalue weighted by molar-refractivity contribution is -0.248. The molecule has 3 aliphatic rings. The molecule has 216 valence electrons. The summed E-state index contributed by atoms with van der Waals surface area (Å²) < 4.78 is 17.1. The predicted octanol–water partition coefficient (Wildman–Crippen LogP) is 1.08. The number of ketones is 3. The molecule has 0 radical (unpaired) electrons. The van der Waals surface area contributed by atoms with Crippen molar-refractivity contribution in [2.75, 3.05) is 7.11 Å². The van der Waals surface area contributed by atoms with Crippen LogP contribution in [-0.2, 0) is 14.3 Å². The van der Waals surface area contributed by atoms with E-state index in [2.05, 4.69) is 10.0 Å². The third-order valence-electron chi connectivity index (χ3n) is 8.09. The molecule has 0 amide bonds. The van der Waals surface area contributed by atoms with Crippen molar-refractivity contribution < 1.29 is 49.0 Å². The molecule has 7 unspecified atom stereocenters. The normalized spacial score (nSPS) is 30.5. The molecular weight excluding hydrogens is 540 g/mol. The Morgan fingerprint density at radius 3 is 2.44 bits per heavy atom. The molecule has 7 N–H and O–H groups in total. The van der Waals surface area contributed by atoms with E-state index < -0.39 is 94.2 Å². The molecule has 1 saturated heterocycles. The standard InChI is InChI=1S/C27H28N4O10/c1-9-21(33)12(28)7-15(40-9)41-14-8-27(38,10(2)32)26(30-31-29)20-17(14)24(36)19-18(25(20)37)22(34)11-5-4-6-13(39-3)16(11)23(19)35/h4-6,9,12,14-15,21,26,33,38H,7-8,28H2,1-3H3,(H2,29,30)/p+1. The van der Waals surface area contributed by atoms with Gasteiger partial charge in [-0.1, -0.05) is 12.1 Å². The van der Waals surface area contributed by atoms with Crippen LogP contribution in [0.4, 0.5) is 0 Å². The molecule has 2 aliphatic carbocycles. The van der Waals surface area contributed by atoms with Crippen LogP contribution in [0.5, 0.6) is 17.2 Å². The van der Waals surface area contributed by atoms with E-state index in [0.717, 1.165) is 6.92 Å². The highest BCUT2D eigenvalue weighted by Gasteiger charge is 2.57. The van der Waals surface area contributed by atoms with Crippen LogP contribution in [-0.4, -0.2) is 75.0 Å². The number of benzene rings is 2. The van der Waals surface area contributed by atoms with Crippen molar-refractivity contribution in [3.63, 3.8) is 0 Å². The number of aliphatic hydroxyl groups is 2. The van der Waals surface area contributed by atoms with Gasteiger partial charge in [0.05, 0.1) is 42.1 Å². The summed E-state index contributed by atoms with van der Waals surface area (Å²) in [7, 11) is 1.31. The fraction of sp³-hybridized carbons (Fsp3) is 0.444. The molecule has 41 heavy (non-hydrogen) atoms. The molecule has 1 aliphatic heterocycles. The highest BCUT2D eigenvalue weighted by atomic mass is 16.7. The van der Waals surface area contributed by atoms with E-state index in [4.69, 9.17) is 25.5 Å². The second-order valence-corrected chi connectivity index (χ2v) is 10.4. The Morgan fingerprint density at radius 2 is 1.83 bits per heavy atom. The number of aromatic hydroxyl groups is 2. The van der Waals surface area contributed by atoms with Crippen LogP contribution in [0.3, 0.4) is 0 Å². The van der Waals surface area contributed by atoms with Gasteiger partial charge in [-0.3, -0.25) is 14.4 Å². The number of aliphatic hydroxyl groups excluding tert-OH is 1. The average Bonchev–Trinajstić information content (AvgIpc) is 2.93. The lowest BCUT2D eigenvalue weighted by atomic mass is 9.69. The summed E-state index contributed by atoms with van der Waals surface area (Å²) >= 11 is 0. The van der Waals surface area contributed by atoms with Crippen molar-refractivity contribution in [1.29, 1.82) is 5.53 Å². The van der Waals surface area contributed by atoms with Crippen molar-refractivity contribution in [1.82, 2.24) is 4.91 Å². The minimum Gasteiger partial charge on any atom is -0.507 e. The summed E-state index contributed by atoms with van der Waals surface area (Å²) in [4.78, 5) is 43.2. The van der Waals surface area contributed by atoms with E-state index >= 15 is 0 Å². The molecule has 0 saturated carbocycles. The molecule has 7 atom stereocenters. The molecule has 0 bridgehead atoms. The third kappa shape index (κ3) is 4.15. The Bertz CT molecular complexity index is 1520. The maximum absolute atomic E-state index is 13.8. The molecule has 5 rings (SSSR count). The Hall–Kier alpha value is -4.04. The van der Waals surface area contributed by atoms with Crippen LogP contribution in [0.15, 0.2) is 23.3 Å². The maximum Gasteiger partial charge on any atom is 0.214 e. The summed E-state index contributed by atoms with van der Waals surface area (Å²) in [6, 6.07) is 1.80. The number of nitrogens with two attached hydrogens (primary N) is 1. The Labute approximate surface area is 232 Å². The quantitative estimate of drug-likeness (QED) is 0.144. The van der Waals surface area contributed by atoms with Crippen molar-refractivity contribution in [2.24, 2.45) is 10.8 Å². The fourth-order valence-corrected chi connectivity index (χ4v) is 5.95. The number of phenolic OH excluding ortho intramolecular Hbond substituents is 2. The molecule has 1 heterocycles. The Balaban J connectivity index is 1.77. The maximum atomic E-state index is 13.8. The van der Waals surface area contributed by atoms with Crippen molar-refractivity contribution in [3.8, 4) is 17.2 Å². The van der Waals surface area contributed by atoms with Gasteiger partial charge in [-0.25, -0.2) is 0 Å². The third-order valence-corrected chi connectivity index (χ3v) is 8.09. The molecule has 0 aromatic heterocycles. The van der Waals surface area contributed by atoms with Gasteiger partial charge in [-0.05, 0) is 19.9 Å². The van der Waals surface area contributed by atoms with Crippen molar-refractivity contribution in [2.45, 2.75) is 69.0 Å². The van der Waals surface area contributed by atoms with Crippen LogP contribution in [0, 0.1) is 5.53 Å². The zero-order valence-corrected chi connectivity index (χ0v) is 22.3. The van der Waals surface area contributed by atoms with Crippen LogP contribution in [0.2, 0.25) is 0 Å². The largest absolute Gasteiger partial charge is 0.507 e. The molecular formula is C27H29N4O10+. The van der Waals surface area contributed by atoms with Gasteiger partial charge >= 0.3 is 0 Å². The average molecular weight is 570 g/mol. The first kappa shape index (κ1) is 28.5. The van der Waals surface area contributed by atoms with E-state index in [1.54, 1.807) is 6.92 Å².